The molecule has 0 radical (unpaired) electrons. The molecule has 0 aliphatic heterocycles. The molecule has 1 unspecified atom stereocenters. The van der Waals surface area contributed by atoms with Crippen molar-refractivity contribution >= 4 is 23.3 Å². The van der Waals surface area contributed by atoms with E-state index in [2.05, 4.69) is 15.6 Å². The third-order valence-electron chi connectivity index (χ3n) is 4.42. The van der Waals surface area contributed by atoms with Gasteiger partial charge < -0.3 is 20.3 Å². The van der Waals surface area contributed by atoms with E-state index in [1.807, 2.05) is 6.07 Å². The van der Waals surface area contributed by atoms with Gasteiger partial charge in [0.2, 0.25) is 0 Å². The highest BCUT2D eigenvalue weighted by Crippen LogP contribution is 2.15. The molecule has 0 bridgehead atoms. The highest BCUT2D eigenvalue weighted by atomic mass is 16.3. The normalized spacial score (nSPS) is 12.6. The summed E-state index contributed by atoms with van der Waals surface area (Å²) in [5.74, 6) is -0.663. The molecule has 0 saturated carbocycles. The van der Waals surface area contributed by atoms with Crippen LogP contribution >= 0.6 is 0 Å². The number of aromatic nitrogens is 2. The maximum absolute atomic E-state index is 12.5. The largest absolute Gasteiger partial charge is 0.378 e. The first-order chi connectivity index (χ1) is 14.2. The van der Waals surface area contributed by atoms with Crippen molar-refractivity contribution in [3.63, 3.8) is 0 Å². The van der Waals surface area contributed by atoms with Crippen molar-refractivity contribution in [1.29, 1.82) is 0 Å². The van der Waals surface area contributed by atoms with E-state index in [1.54, 1.807) is 43.3 Å². The van der Waals surface area contributed by atoms with Crippen molar-refractivity contribution in [3.05, 3.63) is 88.5 Å². The van der Waals surface area contributed by atoms with E-state index >= 15 is 0 Å². The number of hydrogen-bond donors (Lipinski definition) is 3. The Hall–Kier alpha value is -3.78. The van der Waals surface area contributed by atoms with Gasteiger partial charge in [0.1, 0.15) is 5.82 Å². The van der Waals surface area contributed by atoms with Crippen LogP contribution in [-0.2, 0) is 11.3 Å². The standard InChI is InChI=1S/C22H22N4O4/c1-15-10-11-26(19(27)12-15)14-22(2,30)21(29)24-17-8-9-18(23-13-17)25-20(28)16-6-4-3-5-7-16/h3-13,30H,14H2,1-2H3,(H,24,29)(H,23,25,28). The number of rotatable bonds is 6. The van der Waals surface area contributed by atoms with E-state index in [0.717, 1.165) is 5.56 Å². The van der Waals surface area contributed by atoms with Crippen LogP contribution in [0.15, 0.2) is 71.8 Å². The maximum atomic E-state index is 12.5. The first kappa shape index (κ1) is 20.9. The van der Waals surface area contributed by atoms with Crippen molar-refractivity contribution in [2.45, 2.75) is 26.0 Å². The van der Waals surface area contributed by atoms with E-state index in [9.17, 15) is 19.5 Å². The molecular formula is C22H22N4O4. The minimum Gasteiger partial charge on any atom is -0.378 e. The van der Waals surface area contributed by atoms with E-state index < -0.39 is 11.5 Å². The number of amides is 2. The monoisotopic (exact) mass is 406 g/mol. The Labute approximate surface area is 173 Å². The molecular weight excluding hydrogens is 384 g/mol. The lowest BCUT2D eigenvalue weighted by molar-refractivity contribution is -0.133. The van der Waals surface area contributed by atoms with E-state index in [0.29, 0.717) is 17.1 Å². The Morgan fingerprint density at radius 3 is 2.47 bits per heavy atom. The second-order valence-corrected chi connectivity index (χ2v) is 7.15. The molecule has 0 fully saturated rings. The number of carbonyl (C=O) groups is 2. The van der Waals surface area contributed by atoms with Gasteiger partial charge in [0.05, 0.1) is 18.4 Å². The van der Waals surface area contributed by atoms with Gasteiger partial charge in [-0.2, -0.15) is 0 Å². The van der Waals surface area contributed by atoms with Crippen LogP contribution in [-0.4, -0.2) is 32.1 Å². The van der Waals surface area contributed by atoms with Crippen molar-refractivity contribution in [2.75, 3.05) is 10.6 Å². The van der Waals surface area contributed by atoms with Gasteiger partial charge in [0, 0.05) is 17.8 Å². The minimum absolute atomic E-state index is 0.198. The number of carbonyl (C=O) groups excluding carboxylic acids is 2. The number of benzene rings is 1. The van der Waals surface area contributed by atoms with Crippen LogP contribution in [0.3, 0.4) is 0 Å². The van der Waals surface area contributed by atoms with Crippen LogP contribution in [0, 0.1) is 6.92 Å². The fraction of sp³-hybridized carbons (Fsp3) is 0.182. The highest BCUT2D eigenvalue weighted by molar-refractivity contribution is 6.03. The predicted octanol–water partition coefficient (Wildman–Crippen LogP) is 2.19. The third-order valence-corrected chi connectivity index (χ3v) is 4.42. The van der Waals surface area contributed by atoms with Gasteiger partial charge >= 0.3 is 0 Å². The number of pyridine rings is 2. The molecule has 30 heavy (non-hydrogen) atoms. The molecule has 0 spiro atoms. The summed E-state index contributed by atoms with van der Waals surface area (Å²) >= 11 is 0. The van der Waals surface area contributed by atoms with Crippen molar-refractivity contribution in [1.82, 2.24) is 9.55 Å². The number of anilines is 2. The molecule has 8 heteroatoms. The minimum atomic E-state index is -1.82. The van der Waals surface area contributed by atoms with Gasteiger partial charge in [-0.25, -0.2) is 4.98 Å². The SMILES string of the molecule is Cc1ccn(CC(C)(O)C(=O)Nc2ccc(NC(=O)c3ccccc3)nc2)c(=O)c1. The van der Waals surface area contributed by atoms with Crippen LogP contribution in [0.5, 0.6) is 0 Å². The molecule has 1 aromatic carbocycles. The Balaban J connectivity index is 1.63. The zero-order chi connectivity index (χ0) is 21.7. The highest BCUT2D eigenvalue weighted by Gasteiger charge is 2.31. The summed E-state index contributed by atoms with van der Waals surface area (Å²) in [6.45, 7) is 2.92. The fourth-order valence-electron chi connectivity index (χ4n) is 2.73. The third kappa shape index (κ3) is 5.18. The summed E-state index contributed by atoms with van der Waals surface area (Å²) in [7, 11) is 0. The predicted molar refractivity (Wildman–Crippen MR) is 113 cm³/mol. The number of aliphatic hydroxyl groups is 1. The topological polar surface area (TPSA) is 113 Å². The molecule has 1 atom stereocenters. The lowest BCUT2D eigenvalue weighted by Gasteiger charge is -2.23. The molecule has 3 aromatic rings. The number of aryl methyl sites for hydroxylation is 1. The van der Waals surface area contributed by atoms with Gasteiger partial charge in [0.15, 0.2) is 5.60 Å². The molecule has 0 aliphatic rings. The average molecular weight is 406 g/mol. The summed E-state index contributed by atoms with van der Waals surface area (Å²) in [6.07, 6.45) is 2.90. The van der Waals surface area contributed by atoms with Crippen LogP contribution < -0.4 is 16.2 Å². The molecule has 154 valence electrons. The number of nitrogens with one attached hydrogen (secondary N) is 2. The quantitative estimate of drug-likeness (QED) is 0.581. The smallest absolute Gasteiger partial charge is 0.257 e. The Morgan fingerprint density at radius 1 is 1.10 bits per heavy atom. The molecule has 0 saturated heterocycles. The van der Waals surface area contributed by atoms with E-state index in [4.69, 9.17) is 0 Å². The lowest BCUT2D eigenvalue weighted by Crippen LogP contribution is -2.45. The average Bonchev–Trinajstić information content (AvgIpc) is 2.72. The summed E-state index contributed by atoms with van der Waals surface area (Å²) in [5, 5.41) is 15.8. The van der Waals surface area contributed by atoms with Crippen LogP contribution in [0.2, 0.25) is 0 Å². The van der Waals surface area contributed by atoms with Crippen molar-refractivity contribution in [3.8, 4) is 0 Å². The van der Waals surface area contributed by atoms with Crippen LogP contribution in [0.4, 0.5) is 11.5 Å². The van der Waals surface area contributed by atoms with E-state index in [1.165, 1.54) is 36.0 Å². The fourth-order valence-corrected chi connectivity index (χ4v) is 2.73. The molecule has 2 aromatic heterocycles. The lowest BCUT2D eigenvalue weighted by atomic mass is 10.1. The number of nitrogens with zero attached hydrogens (tertiary/aromatic N) is 2. The Bertz CT molecular complexity index is 1110. The molecule has 8 nitrogen and oxygen atoms in total. The first-order valence-corrected chi connectivity index (χ1v) is 9.28. The number of hydrogen-bond acceptors (Lipinski definition) is 5. The first-order valence-electron chi connectivity index (χ1n) is 9.28. The van der Waals surface area contributed by atoms with Gasteiger partial charge in [-0.15, -0.1) is 0 Å². The summed E-state index contributed by atoms with van der Waals surface area (Å²) in [6, 6.07) is 15.0. The van der Waals surface area contributed by atoms with Crippen LogP contribution in [0.1, 0.15) is 22.8 Å². The van der Waals surface area contributed by atoms with Gasteiger partial charge in [-0.05, 0) is 49.7 Å². The second-order valence-electron chi connectivity index (χ2n) is 7.15. The zero-order valence-electron chi connectivity index (χ0n) is 16.6. The molecule has 3 N–H and O–H groups in total. The Kier molecular flexibility index (Phi) is 6.08. The van der Waals surface area contributed by atoms with Crippen molar-refractivity contribution in [2.24, 2.45) is 0 Å². The summed E-state index contributed by atoms with van der Waals surface area (Å²) in [4.78, 5) is 40.7. The van der Waals surface area contributed by atoms with Crippen molar-refractivity contribution < 1.29 is 14.7 Å². The molecule has 0 aliphatic carbocycles. The zero-order valence-corrected chi connectivity index (χ0v) is 16.6. The summed E-state index contributed by atoms with van der Waals surface area (Å²) < 4.78 is 1.27. The van der Waals surface area contributed by atoms with E-state index in [-0.39, 0.29) is 18.0 Å². The molecule has 3 rings (SSSR count). The molecule has 2 amide bonds. The summed E-state index contributed by atoms with van der Waals surface area (Å²) in [5.41, 5.74) is -0.485. The van der Waals surface area contributed by atoms with Gasteiger partial charge in [0.25, 0.3) is 17.4 Å². The molecule has 2 heterocycles. The van der Waals surface area contributed by atoms with Gasteiger partial charge in [-0.3, -0.25) is 14.4 Å². The van der Waals surface area contributed by atoms with Gasteiger partial charge in [-0.1, -0.05) is 18.2 Å². The maximum Gasteiger partial charge on any atom is 0.257 e. The Morgan fingerprint density at radius 2 is 1.83 bits per heavy atom. The second kappa shape index (κ2) is 8.71. The van der Waals surface area contributed by atoms with Crippen LogP contribution in [0.25, 0.3) is 0 Å².